The van der Waals surface area contributed by atoms with E-state index in [1.54, 1.807) is 18.3 Å². The van der Waals surface area contributed by atoms with Gasteiger partial charge in [-0.15, -0.1) is 0 Å². The van der Waals surface area contributed by atoms with Crippen molar-refractivity contribution in [1.82, 2.24) is 4.98 Å². The maximum atomic E-state index is 9.60. The van der Waals surface area contributed by atoms with Gasteiger partial charge in [0.2, 0.25) is 0 Å². The number of hydrogen-bond donors (Lipinski definition) is 2. The molecule has 1 aromatic carbocycles. The summed E-state index contributed by atoms with van der Waals surface area (Å²) in [5.41, 5.74) is 0.437. The number of hydrogen-bond acceptors (Lipinski definition) is 3. The highest BCUT2D eigenvalue weighted by atomic mass is 127. The summed E-state index contributed by atoms with van der Waals surface area (Å²) in [6, 6.07) is 4.95. The molecule has 0 bridgehead atoms. The lowest BCUT2D eigenvalue weighted by molar-refractivity contribution is 0.465. The van der Waals surface area contributed by atoms with Crippen molar-refractivity contribution in [2.45, 2.75) is 0 Å². The molecule has 0 aliphatic heterocycles. The van der Waals surface area contributed by atoms with E-state index in [-0.39, 0.29) is 11.5 Å². The van der Waals surface area contributed by atoms with Crippen LogP contribution in [0.5, 0.6) is 11.5 Å². The topological polar surface area (TPSA) is 53.4 Å². The summed E-state index contributed by atoms with van der Waals surface area (Å²) in [6.07, 6.45) is 1.58. The summed E-state index contributed by atoms with van der Waals surface area (Å²) in [7, 11) is 0. The van der Waals surface area contributed by atoms with Gasteiger partial charge in [0, 0.05) is 11.6 Å². The SMILES string of the molecule is Oc1cc(I)c(O)c2ncccc12. The Bertz CT molecular complexity index is 470. The number of aromatic hydroxyl groups is 2. The molecule has 0 saturated heterocycles. The van der Waals surface area contributed by atoms with Crippen LogP contribution < -0.4 is 0 Å². The maximum absolute atomic E-state index is 9.60. The fraction of sp³-hybridized carbons (Fsp3) is 0. The van der Waals surface area contributed by atoms with Crippen molar-refractivity contribution in [2.75, 3.05) is 0 Å². The zero-order chi connectivity index (χ0) is 9.42. The Labute approximate surface area is 88.2 Å². The number of pyridine rings is 1. The molecule has 1 aromatic heterocycles. The van der Waals surface area contributed by atoms with Gasteiger partial charge in [0.05, 0.1) is 3.57 Å². The van der Waals surface area contributed by atoms with Crippen LogP contribution in [0.2, 0.25) is 0 Å². The van der Waals surface area contributed by atoms with Crippen molar-refractivity contribution in [1.29, 1.82) is 0 Å². The summed E-state index contributed by atoms with van der Waals surface area (Å²) < 4.78 is 0.598. The first kappa shape index (κ1) is 8.55. The Morgan fingerprint density at radius 1 is 1.31 bits per heavy atom. The molecule has 2 rings (SSSR count). The lowest BCUT2D eigenvalue weighted by Crippen LogP contribution is -1.82. The number of phenols is 2. The highest BCUT2D eigenvalue weighted by Gasteiger charge is 2.08. The average Bonchev–Trinajstić information content (AvgIpc) is 2.15. The van der Waals surface area contributed by atoms with E-state index in [9.17, 15) is 10.2 Å². The number of aromatic nitrogens is 1. The van der Waals surface area contributed by atoms with Gasteiger partial charge < -0.3 is 10.2 Å². The molecule has 0 atom stereocenters. The van der Waals surface area contributed by atoms with Gasteiger partial charge in [-0.2, -0.15) is 0 Å². The predicted molar refractivity (Wildman–Crippen MR) is 57.8 cm³/mol. The van der Waals surface area contributed by atoms with E-state index in [0.717, 1.165) is 0 Å². The van der Waals surface area contributed by atoms with Crippen LogP contribution in [0.15, 0.2) is 24.4 Å². The van der Waals surface area contributed by atoms with Gasteiger partial charge >= 0.3 is 0 Å². The normalized spacial score (nSPS) is 10.5. The summed E-state index contributed by atoms with van der Waals surface area (Å²) in [5, 5.41) is 19.7. The van der Waals surface area contributed by atoms with Crippen LogP contribution in [0.3, 0.4) is 0 Å². The molecule has 0 fully saturated rings. The van der Waals surface area contributed by atoms with E-state index in [0.29, 0.717) is 14.5 Å². The van der Waals surface area contributed by atoms with Gasteiger partial charge in [0.25, 0.3) is 0 Å². The Hall–Kier alpha value is -1.04. The van der Waals surface area contributed by atoms with E-state index >= 15 is 0 Å². The molecule has 0 aliphatic carbocycles. The monoisotopic (exact) mass is 287 g/mol. The number of rotatable bonds is 0. The Kier molecular flexibility index (Phi) is 1.99. The highest BCUT2D eigenvalue weighted by molar-refractivity contribution is 14.1. The summed E-state index contributed by atoms with van der Waals surface area (Å²) in [6.45, 7) is 0. The van der Waals surface area contributed by atoms with Crippen LogP contribution in [0.25, 0.3) is 10.9 Å². The van der Waals surface area contributed by atoms with Gasteiger partial charge in [0.1, 0.15) is 11.3 Å². The third-order valence-electron chi connectivity index (χ3n) is 1.80. The van der Waals surface area contributed by atoms with Crippen LogP contribution in [-0.2, 0) is 0 Å². The molecule has 0 saturated carbocycles. The first-order valence-electron chi connectivity index (χ1n) is 3.65. The summed E-state index contributed by atoms with van der Waals surface area (Å²) in [4.78, 5) is 3.99. The molecule has 13 heavy (non-hydrogen) atoms. The second-order valence-electron chi connectivity index (χ2n) is 2.63. The Morgan fingerprint density at radius 2 is 2.08 bits per heavy atom. The number of phenolic OH excluding ortho intramolecular Hbond substituents is 2. The second-order valence-corrected chi connectivity index (χ2v) is 3.79. The van der Waals surface area contributed by atoms with Crippen molar-refractivity contribution in [3.8, 4) is 11.5 Å². The largest absolute Gasteiger partial charge is 0.507 e. The molecular formula is C9H6INO2. The Morgan fingerprint density at radius 3 is 2.85 bits per heavy atom. The van der Waals surface area contributed by atoms with Crippen LogP contribution >= 0.6 is 22.6 Å². The highest BCUT2D eigenvalue weighted by Crippen LogP contribution is 2.34. The number of fused-ring (bicyclic) bond motifs is 1. The van der Waals surface area contributed by atoms with Gasteiger partial charge in [-0.05, 0) is 40.8 Å². The van der Waals surface area contributed by atoms with E-state index < -0.39 is 0 Å². The molecular weight excluding hydrogens is 281 g/mol. The molecule has 0 aliphatic rings. The molecule has 2 N–H and O–H groups in total. The lowest BCUT2D eigenvalue weighted by Gasteiger charge is -2.03. The van der Waals surface area contributed by atoms with E-state index in [4.69, 9.17) is 0 Å². The smallest absolute Gasteiger partial charge is 0.155 e. The molecule has 0 unspecified atom stereocenters. The molecule has 0 amide bonds. The number of halogens is 1. The number of nitrogens with zero attached hydrogens (tertiary/aromatic N) is 1. The fourth-order valence-electron chi connectivity index (χ4n) is 1.18. The quantitative estimate of drug-likeness (QED) is 0.577. The van der Waals surface area contributed by atoms with Crippen LogP contribution in [0.4, 0.5) is 0 Å². The van der Waals surface area contributed by atoms with Gasteiger partial charge in [-0.1, -0.05) is 0 Å². The van der Waals surface area contributed by atoms with Gasteiger partial charge in [-0.25, -0.2) is 0 Å². The van der Waals surface area contributed by atoms with Crippen molar-refractivity contribution < 1.29 is 10.2 Å². The van der Waals surface area contributed by atoms with Crippen molar-refractivity contribution >= 4 is 33.5 Å². The minimum Gasteiger partial charge on any atom is -0.507 e. The van der Waals surface area contributed by atoms with Crippen LogP contribution in [0.1, 0.15) is 0 Å². The van der Waals surface area contributed by atoms with Crippen LogP contribution in [0, 0.1) is 3.57 Å². The first-order valence-corrected chi connectivity index (χ1v) is 4.73. The standard InChI is InChI=1S/C9H6INO2/c10-6-4-7(12)5-2-1-3-11-8(5)9(6)13/h1-4,12-13H. The Balaban J connectivity index is 2.97. The predicted octanol–water partition coefficient (Wildman–Crippen LogP) is 2.25. The zero-order valence-electron chi connectivity index (χ0n) is 6.53. The minimum atomic E-state index is 0.119. The van der Waals surface area contributed by atoms with E-state index in [1.807, 2.05) is 22.6 Å². The van der Waals surface area contributed by atoms with Crippen LogP contribution in [-0.4, -0.2) is 15.2 Å². The molecule has 0 radical (unpaired) electrons. The second kappa shape index (κ2) is 3.02. The maximum Gasteiger partial charge on any atom is 0.155 e. The lowest BCUT2D eigenvalue weighted by atomic mass is 10.2. The molecule has 3 nitrogen and oxygen atoms in total. The van der Waals surface area contributed by atoms with Crippen molar-refractivity contribution in [3.63, 3.8) is 0 Å². The third kappa shape index (κ3) is 1.31. The molecule has 1 heterocycles. The number of benzene rings is 1. The molecule has 2 aromatic rings. The fourth-order valence-corrected chi connectivity index (χ4v) is 1.73. The van der Waals surface area contributed by atoms with E-state index in [2.05, 4.69) is 4.98 Å². The summed E-state index contributed by atoms with van der Waals surface area (Å²) in [5.74, 6) is 0.263. The van der Waals surface area contributed by atoms with Crippen molar-refractivity contribution in [2.24, 2.45) is 0 Å². The zero-order valence-corrected chi connectivity index (χ0v) is 8.69. The minimum absolute atomic E-state index is 0.119. The van der Waals surface area contributed by atoms with Gasteiger partial charge in [0.15, 0.2) is 5.75 Å². The molecule has 0 spiro atoms. The van der Waals surface area contributed by atoms with Crippen molar-refractivity contribution in [3.05, 3.63) is 28.0 Å². The third-order valence-corrected chi connectivity index (χ3v) is 2.62. The van der Waals surface area contributed by atoms with E-state index in [1.165, 1.54) is 6.07 Å². The average molecular weight is 287 g/mol. The summed E-state index contributed by atoms with van der Waals surface area (Å²) >= 11 is 1.95. The molecule has 66 valence electrons. The first-order chi connectivity index (χ1) is 6.20. The van der Waals surface area contributed by atoms with Gasteiger partial charge in [-0.3, -0.25) is 4.98 Å². The molecule has 4 heteroatoms.